The molecule has 0 amide bonds. The highest BCUT2D eigenvalue weighted by Crippen LogP contribution is 2.23. The van der Waals surface area contributed by atoms with Gasteiger partial charge in [-0.1, -0.05) is 0 Å². The molecule has 0 radical (unpaired) electrons. The van der Waals surface area contributed by atoms with Crippen LogP contribution in [0.25, 0.3) is 11.4 Å². The standard InChI is InChI=1S/C13H14N4O3/c18-17(19)11-6-4-10(5-7-11)13-14-9-16(15-13)12-3-1-2-8-20-12/h4-7,9,12H,1-3,8H2. The van der Waals surface area contributed by atoms with E-state index in [1.807, 2.05) is 0 Å². The van der Waals surface area contributed by atoms with Crippen molar-refractivity contribution in [1.82, 2.24) is 14.8 Å². The van der Waals surface area contributed by atoms with Crippen molar-refractivity contribution in [3.05, 3.63) is 40.7 Å². The first-order valence-electron chi connectivity index (χ1n) is 6.51. The molecular weight excluding hydrogens is 260 g/mol. The lowest BCUT2D eigenvalue weighted by Crippen LogP contribution is -2.18. The molecule has 1 aliphatic heterocycles. The Balaban J connectivity index is 1.80. The molecule has 1 atom stereocenters. The second-order valence-electron chi connectivity index (χ2n) is 4.67. The minimum Gasteiger partial charge on any atom is -0.356 e. The second-order valence-corrected chi connectivity index (χ2v) is 4.67. The third kappa shape index (κ3) is 2.53. The lowest BCUT2D eigenvalue weighted by Gasteiger charge is -2.21. The van der Waals surface area contributed by atoms with Gasteiger partial charge in [-0.2, -0.15) is 0 Å². The van der Waals surface area contributed by atoms with Crippen molar-refractivity contribution in [2.24, 2.45) is 0 Å². The first-order valence-corrected chi connectivity index (χ1v) is 6.51. The van der Waals surface area contributed by atoms with Crippen molar-refractivity contribution < 1.29 is 9.66 Å². The van der Waals surface area contributed by atoms with Gasteiger partial charge in [0, 0.05) is 24.3 Å². The summed E-state index contributed by atoms with van der Waals surface area (Å²) in [5.74, 6) is 0.550. The minimum absolute atomic E-state index is 0.0527. The van der Waals surface area contributed by atoms with Crippen LogP contribution in [-0.4, -0.2) is 26.3 Å². The van der Waals surface area contributed by atoms with E-state index in [-0.39, 0.29) is 11.9 Å². The number of non-ortho nitro benzene ring substituents is 1. The number of hydrogen-bond acceptors (Lipinski definition) is 5. The molecule has 1 aromatic carbocycles. The van der Waals surface area contributed by atoms with Crippen molar-refractivity contribution in [2.45, 2.75) is 25.5 Å². The first kappa shape index (κ1) is 12.7. The van der Waals surface area contributed by atoms with Crippen LogP contribution in [-0.2, 0) is 4.74 Å². The van der Waals surface area contributed by atoms with E-state index in [0.29, 0.717) is 5.82 Å². The van der Waals surface area contributed by atoms with Crippen molar-refractivity contribution in [1.29, 1.82) is 0 Å². The highest BCUT2D eigenvalue weighted by molar-refractivity contribution is 5.56. The predicted octanol–water partition coefficient (Wildman–Crippen LogP) is 2.55. The molecular formula is C13H14N4O3. The van der Waals surface area contributed by atoms with Crippen LogP contribution in [0.4, 0.5) is 5.69 Å². The van der Waals surface area contributed by atoms with Crippen LogP contribution in [0.3, 0.4) is 0 Å². The zero-order valence-electron chi connectivity index (χ0n) is 10.8. The van der Waals surface area contributed by atoms with Crippen LogP contribution in [0.2, 0.25) is 0 Å². The summed E-state index contributed by atoms with van der Waals surface area (Å²) < 4.78 is 7.35. The van der Waals surface area contributed by atoms with Crippen LogP contribution in [0.1, 0.15) is 25.5 Å². The summed E-state index contributed by atoms with van der Waals surface area (Å²) in [4.78, 5) is 14.4. The minimum atomic E-state index is -0.425. The Kier molecular flexibility index (Phi) is 3.42. The molecule has 1 fully saturated rings. The topological polar surface area (TPSA) is 83.1 Å². The molecule has 2 aromatic rings. The quantitative estimate of drug-likeness (QED) is 0.634. The summed E-state index contributed by atoms with van der Waals surface area (Å²) in [6.07, 6.45) is 4.73. The maximum absolute atomic E-state index is 10.6. The Bertz CT molecular complexity index is 602. The lowest BCUT2D eigenvalue weighted by molar-refractivity contribution is -0.384. The number of nitrogens with zero attached hydrogens (tertiary/aromatic N) is 4. The van der Waals surface area contributed by atoms with Gasteiger partial charge in [0.05, 0.1) is 4.92 Å². The summed E-state index contributed by atoms with van der Waals surface area (Å²) in [5.41, 5.74) is 0.814. The fraction of sp³-hybridized carbons (Fsp3) is 0.385. The molecule has 0 N–H and O–H groups in total. The SMILES string of the molecule is O=[N+]([O-])c1ccc(-c2ncn(C3CCCCO3)n2)cc1. The van der Waals surface area contributed by atoms with Gasteiger partial charge in [0.15, 0.2) is 12.1 Å². The third-order valence-electron chi connectivity index (χ3n) is 3.30. The van der Waals surface area contributed by atoms with E-state index in [0.717, 1.165) is 31.4 Å². The molecule has 1 aromatic heterocycles. The van der Waals surface area contributed by atoms with Crippen LogP contribution < -0.4 is 0 Å². The van der Waals surface area contributed by atoms with Crippen molar-refractivity contribution in [3.63, 3.8) is 0 Å². The number of nitro benzene ring substituents is 1. The van der Waals surface area contributed by atoms with Gasteiger partial charge in [0.25, 0.3) is 5.69 Å². The molecule has 104 valence electrons. The molecule has 20 heavy (non-hydrogen) atoms. The zero-order chi connectivity index (χ0) is 13.9. The number of benzene rings is 1. The average Bonchev–Trinajstić information content (AvgIpc) is 2.98. The van der Waals surface area contributed by atoms with Crippen LogP contribution in [0, 0.1) is 10.1 Å². The largest absolute Gasteiger partial charge is 0.356 e. The van der Waals surface area contributed by atoms with Gasteiger partial charge in [-0.15, -0.1) is 5.10 Å². The van der Waals surface area contributed by atoms with E-state index < -0.39 is 4.92 Å². The van der Waals surface area contributed by atoms with E-state index in [9.17, 15) is 10.1 Å². The maximum Gasteiger partial charge on any atom is 0.269 e. The molecule has 0 aliphatic carbocycles. The molecule has 0 bridgehead atoms. The van der Waals surface area contributed by atoms with Gasteiger partial charge in [-0.25, -0.2) is 9.67 Å². The van der Waals surface area contributed by atoms with Crippen LogP contribution >= 0.6 is 0 Å². The fourth-order valence-electron chi connectivity index (χ4n) is 2.21. The normalized spacial score (nSPS) is 18.9. The number of aromatic nitrogens is 3. The number of hydrogen-bond donors (Lipinski definition) is 0. The molecule has 7 nitrogen and oxygen atoms in total. The van der Waals surface area contributed by atoms with Crippen molar-refractivity contribution in [2.75, 3.05) is 6.61 Å². The Hall–Kier alpha value is -2.28. The summed E-state index contributed by atoms with van der Waals surface area (Å²) >= 11 is 0. The smallest absolute Gasteiger partial charge is 0.269 e. The Morgan fingerprint density at radius 2 is 2.10 bits per heavy atom. The van der Waals surface area contributed by atoms with Gasteiger partial charge in [-0.3, -0.25) is 10.1 Å². The number of rotatable bonds is 3. The average molecular weight is 274 g/mol. The first-order chi connectivity index (χ1) is 9.74. The van der Waals surface area contributed by atoms with Gasteiger partial charge in [-0.05, 0) is 31.4 Å². The zero-order valence-corrected chi connectivity index (χ0v) is 10.8. The van der Waals surface area contributed by atoms with Gasteiger partial charge < -0.3 is 4.74 Å². The highest BCUT2D eigenvalue weighted by Gasteiger charge is 2.17. The monoisotopic (exact) mass is 274 g/mol. The molecule has 1 saturated heterocycles. The van der Waals surface area contributed by atoms with Crippen LogP contribution in [0.15, 0.2) is 30.6 Å². The van der Waals surface area contributed by atoms with E-state index in [4.69, 9.17) is 4.74 Å². The van der Waals surface area contributed by atoms with Crippen molar-refractivity contribution in [3.8, 4) is 11.4 Å². The summed E-state index contributed by atoms with van der Waals surface area (Å²) in [7, 11) is 0. The molecule has 1 aliphatic rings. The Labute approximate surface area is 115 Å². The molecule has 0 spiro atoms. The summed E-state index contributed by atoms with van der Waals surface area (Å²) in [6.45, 7) is 0.747. The van der Waals surface area contributed by atoms with Gasteiger partial charge in [0.1, 0.15) is 6.33 Å². The number of nitro groups is 1. The van der Waals surface area contributed by atoms with E-state index in [1.165, 1.54) is 12.1 Å². The Morgan fingerprint density at radius 1 is 1.30 bits per heavy atom. The van der Waals surface area contributed by atoms with Gasteiger partial charge >= 0.3 is 0 Å². The van der Waals surface area contributed by atoms with E-state index in [2.05, 4.69) is 10.1 Å². The van der Waals surface area contributed by atoms with E-state index in [1.54, 1.807) is 23.1 Å². The van der Waals surface area contributed by atoms with Crippen molar-refractivity contribution >= 4 is 5.69 Å². The third-order valence-corrected chi connectivity index (χ3v) is 3.30. The van der Waals surface area contributed by atoms with E-state index >= 15 is 0 Å². The molecule has 1 unspecified atom stereocenters. The highest BCUT2D eigenvalue weighted by atomic mass is 16.6. The van der Waals surface area contributed by atoms with Crippen LogP contribution in [0.5, 0.6) is 0 Å². The fourth-order valence-corrected chi connectivity index (χ4v) is 2.21. The predicted molar refractivity (Wildman–Crippen MR) is 71.0 cm³/mol. The Morgan fingerprint density at radius 3 is 2.75 bits per heavy atom. The molecule has 2 heterocycles. The summed E-state index contributed by atoms with van der Waals surface area (Å²) in [5, 5.41) is 15.0. The van der Waals surface area contributed by atoms with Gasteiger partial charge in [0.2, 0.25) is 0 Å². The molecule has 7 heteroatoms. The lowest BCUT2D eigenvalue weighted by atomic mass is 10.2. The number of ether oxygens (including phenoxy) is 1. The maximum atomic E-state index is 10.6. The molecule has 0 saturated carbocycles. The molecule has 3 rings (SSSR count). The summed E-state index contributed by atoms with van der Waals surface area (Å²) in [6, 6.07) is 6.21. The second kappa shape index (κ2) is 5.38.